The van der Waals surface area contributed by atoms with E-state index in [1.807, 2.05) is 0 Å². The summed E-state index contributed by atoms with van der Waals surface area (Å²) in [6.07, 6.45) is 21.3. The van der Waals surface area contributed by atoms with Crippen molar-refractivity contribution in [3.63, 3.8) is 0 Å². The van der Waals surface area contributed by atoms with Crippen LogP contribution in [0.4, 0.5) is 0 Å². The molecule has 0 rings (SSSR count). The van der Waals surface area contributed by atoms with E-state index in [0.717, 1.165) is 70.6 Å². The van der Waals surface area contributed by atoms with Gasteiger partial charge in [0, 0.05) is 18.9 Å². The molecule has 0 aliphatic carbocycles. The number of carbonyl (C=O) groups excluding carboxylic acids is 1. The van der Waals surface area contributed by atoms with Gasteiger partial charge in [-0.1, -0.05) is 90.7 Å². The van der Waals surface area contributed by atoms with Crippen LogP contribution < -0.4 is 0 Å². The first-order valence-electron chi connectivity index (χ1n) is 13.1. The Bertz CT molecular complexity index is 458. The van der Waals surface area contributed by atoms with Gasteiger partial charge in [0.15, 0.2) is 6.10 Å². The van der Waals surface area contributed by atoms with Crippen LogP contribution in [0.1, 0.15) is 130 Å². The van der Waals surface area contributed by atoms with Crippen molar-refractivity contribution in [3.05, 3.63) is 12.2 Å². The molecule has 31 heavy (non-hydrogen) atoms. The smallest absolute Gasteiger partial charge is 0.332 e. The fourth-order valence-corrected chi connectivity index (χ4v) is 3.86. The molecule has 0 saturated heterocycles. The molecule has 0 radical (unpaired) electrons. The van der Waals surface area contributed by atoms with Gasteiger partial charge >= 0.3 is 5.97 Å². The summed E-state index contributed by atoms with van der Waals surface area (Å²) in [5.74, 6) is -0.187. The minimum atomic E-state index is -0.832. The Morgan fingerprint density at radius 1 is 0.774 bits per heavy atom. The Balaban J connectivity index is 3.96. The Hall–Kier alpha value is -1.16. The summed E-state index contributed by atoms with van der Waals surface area (Å²) in [5, 5.41) is 9.27. The average molecular weight is 439 g/mol. The molecule has 0 amide bonds. The minimum absolute atomic E-state index is 0.207. The molecule has 0 aliphatic rings. The predicted octanol–water partition coefficient (Wildman–Crippen LogP) is 7.89. The van der Waals surface area contributed by atoms with Crippen molar-refractivity contribution < 1.29 is 19.4 Å². The van der Waals surface area contributed by atoms with Crippen molar-refractivity contribution in [2.24, 2.45) is 5.92 Å². The van der Waals surface area contributed by atoms with Gasteiger partial charge in [0.05, 0.1) is 0 Å². The number of hydrogen-bond acceptors (Lipinski definition) is 3. The Labute approximate surface area is 192 Å². The highest BCUT2D eigenvalue weighted by Crippen LogP contribution is 2.19. The van der Waals surface area contributed by atoms with Crippen LogP contribution >= 0.6 is 0 Å². The van der Waals surface area contributed by atoms with Crippen LogP contribution in [-0.2, 0) is 14.3 Å². The van der Waals surface area contributed by atoms with Gasteiger partial charge in [-0.3, -0.25) is 4.79 Å². The molecule has 1 N–H and O–H groups in total. The number of Topliss-reactive ketones (excluding diaryl/α,β-unsaturated/α-hetero) is 1. The molecule has 4 nitrogen and oxygen atoms in total. The highest BCUT2D eigenvalue weighted by Gasteiger charge is 2.17. The molecule has 0 aromatic heterocycles. The molecule has 0 aliphatic heterocycles. The van der Waals surface area contributed by atoms with Gasteiger partial charge in [0.1, 0.15) is 5.78 Å². The zero-order chi connectivity index (χ0) is 23.2. The van der Waals surface area contributed by atoms with Crippen LogP contribution in [0.2, 0.25) is 0 Å². The molecule has 0 fully saturated rings. The molecule has 2 atom stereocenters. The maximum absolute atomic E-state index is 12.4. The van der Waals surface area contributed by atoms with Crippen molar-refractivity contribution in [2.45, 2.75) is 136 Å². The fourth-order valence-electron chi connectivity index (χ4n) is 3.86. The van der Waals surface area contributed by atoms with Crippen LogP contribution in [-0.4, -0.2) is 29.6 Å². The van der Waals surface area contributed by atoms with E-state index < -0.39 is 12.1 Å². The van der Waals surface area contributed by atoms with Crippen molar-refractivity contribution in [3.8, 4) is 0 Å². The zero-order valence-electron chi connectivity index (χ0n) is 20.7. The largest absolute Gasteiger partial charge is 0.479 e. The van der Waals surface area contributed by atoms with Gasteiger partial charge in [-0.15, -0.1) is 0 Å². The lowest BCUT2D eigenvalue weighted by Gasteiger charge is -2.13. The first-order chi connectivity index (χ1) is 15.1. The maximum atomic E-state index is 12.4. The second-order valence-electron chi connectivity index (χ2n) is 8.87. The predicted molar refractivity (Wildman–Crippen MR) is 131 cm³/mol. The van der Waals surface area contributed by atoms with E-state index >= 15 is 0 Å². The lowest BCUT2D eigenvalue weighted by atomic mass is 9.91. The van der Waals surface area contributed by atoms with E-state index in [-0.39, 0.29) is 5.92 Å². The summed E-state index contributed by atoms with van der Waals surface area (Å²) in [4.78, 5) is 23.6. The third kappa shape index (κ3) is 18.1. The number of carbonyl (C=O) groups is 2. The van der Waals surface area contributed by atoms with E-state index in [1.165, 1.54) is 25.7 Å². The third-order valence-corrected chi connectivity index (χ3v) is 5.87. The standard InChI is InChI=1S/C27H50O4/c1-4-7-9-15-20-24(25(28)19-6-3)21-16-13-11-10-12-14-17-22-26(27(29)30)31-23-18-8-5-2/h13,16,24,26H,4-12,14-15,17-23H2,1-3H3,(H,29,30). The van der Waals surface area contributed by atoms with E-state index in [2.05, 4.69) is 32.9 Å². The van der Waals surface area contributed by atoms with Gasteiger partial charge < -0.3 is 9.84 Å². The molecule has 0 aromatic rings. The highest BCUT2D eigenvalue weighted by atomic mass is 16.5. The quantitative estimate of drug-likeness (QED) is 0.130. The van der Waals surface area contributed by atoms with Gasteiger partial charge in [0.2, 0.25) is 0 Å². The summed E-state index contributed by atoms with van der Waals surface area (Å²) in [6.45, 7) is 6.98. The van der Waals surface area contributed by atoms with E-state index in [0.29, 0.717) is 25.2 Å². The second kappa shape index (κ2) is 22.0. The fraction of sp³-hybridized carbons (Fsp3) is 0.852. The highest BCUT2D eigenvalue weighted by molar-refractivity contribution is 5.81. The van der Waals surface area contributed by atoms with E-state index in [1.54, 1.807) is 0 Å². The van der Waals surface area contributed by atoms with Crippen LogP contribution in [0.5, 0.6) is 0 Å². The number of aliphatic carboxylic acids is 1. The SMILES string of the molecule is CCCCCCC(CC=CCCCCCCC(OCCCCC)C(=O)O)C(=O)CCC. The maximum Gasteiger partial charge on any atom is 0.332 e. The molecule has 0 aromatic carbocycles. The summed E-state index contributed by atoms with van der Waals surface area (Å²) in [6, 6.07) is 0. The van der Waals surface area contributed by atoms with Crippen molar-refractivity contribution in [2.75, 3.05) is 6.61 Å². The van der Waals surface area contributed by atoms with Gasteiger partial charge in [-0.05, 0) is 44.9 Å². The number of ketones is 1. The number of ether oxygens (including phenoxy) is 1. The van der Waals surface area contributed by atoms with Crippen molar-refractivity contribution >= 4 is 11.8 Å². The molecule has 4 heteroatoms. The number of allylic oxidation sites excluding steroid dienone is 2. The van der Waals surface area contributed by atoms with Crippen molar-refractivity contribution in [1.82, 2.24) is 0 Å². The molecule has 0 spiro atoms. The number of rotatable bonds is 23. The van der Waals surface area contributed by atoms with Crippen LogP contribution in [0, 0.1) is 5.92 Å². The van der Waals surface area contributed by atoms with Crippen LogP contribution in [0.15, 0.2) is 12.2 Å². The van der Waals surface area contributed by atoms with Crippen LogP contribution in [0.3, 0.4) is 0 Å². The van der Waals surface area contributed by atoms with Crippen LogP contribution in [0.25, 0.3) is 0 Å². The average Bonchev–Trinajstić information content (AvgIpc) is 2.75. The molecule has 0 heterocycles. The Morgan fingerprint density at radius 2 is 1.42 bits per heavy atom. The molecule has 2 unspecified atom stereocenters. The summed E-state index contributed by atoms with van der Waals surface area (Å²) in [5.41, 5.74) is 0. The molecular weight excluding hydrogens is 388 g/mol. The first kappa shape index (κ1) is 29.8. The van der Waals surface area contributed by atoms with Gasteiger partial charge in [0.25, 0.3) is 0 Å². The third-order valence-electron chi connectivity index (χ3n) is 5.87. The Morgan fingerprint density at radius 3 is 2.10 bits per heavy atom. The lowest BCUT2D eigenvalue weighted by molar-refractivity contribution is -0.151. The first-order valence-corrected chi connectivity index (χ1v) is 13.1. The number of carboxylic acids is 1. The molecular formula is C27H50O4. The Kier molecular flexibility index (Phi) is 21.2. The van der Waals surface area contributed by atoms with Crippen molar-refractivity contribution in [1.29, 1.82) is 0 Å². The monoisotopic (exact) mass is 438 g/mol. The summed E-state index contributed by atoms with van der Waals surface area (Å²) < 4.78 is 5.53. The molecule has 0 saturated carbocycles. The van der Waals surface area contributed by atoms with Gasteiger partial charge in [-0.25, -0.2) is 4.79 Å². The lowest BCUT2D eigenvalue weighted by Crippen LogP contribution is -2.24. The molecule has 0 bridgehead atoms. The summed E-state index contributed by atoms with van der Waals surface area (Å²) >= 11 is 0. The number of unbranched alkanes of at least 4 members (excludes halogenated alkanes) is 9. The normalized spacial score (nSPS) is 13.5. The van der Waals surface area contributed by atoms with Gasteiger partial charge in [-0.2, -0.15) is 0 Å². The number of carboxylic acid groups (broad SMARTS) is 1. The second-order valence-corrected chi connectivity index (χ2v) is 8.87. The minimum Gasteiger partial charge on any atom is -0.479 e. The van der Waals surface area contributed by atoms with E-state index in [4.69, 9.17) is 4.74 Å². The zero-order valence-corrected chi connectivity index (χ0v) is 20.7. The summed E-state index contributed by atoms with van der Waals surface area (Å²) in [7, 11) is 0. The molecule has 182 valence electrons. The number of hydrogen-bond donors (Lipinski definition) is 1. The van der Waals surface area contributed by atoms with E-state index in [9.17, 15) is 14.7 Å². The topological polar surface area (TPSA) is 63.6 Å².